The molecule has 0 amide bonds. The molecule has 0 unspecified atom stereocenters. The minimum absolute atomic E-state index is 0.467. The van der Waals surface area contributed by atoms with E-state index in [0.29, 0.717) is 6.54 Å². The number of pyridine rings is 1. The summed E-state index contributed by atoms with van der Waals surface area (Å²) in [5.74, 6) is 1.64. The standard InChI is InChI=1S/C21H21BrN2O2/c1-14(25)3-4-15-5-8-17-12-19(22)21(24-20(17)11-15)23-13-16-6-9-18(26-2)10-7-16/h3-12,14,25H,13H2,1-2H3,(H,23,24)/t14-/m0/s1. The first-order valence-electron chi connectivity index (χ1n) is 8.38. The molecule has 1 atom stereocenters. The van der Waals surface area contributed by atoms with Crippen LogP contribution in [0.4, 0.5) is 5.82 Å². The molecule has 4 nitrogen and oxygen atoms in total. The molecule has 0 spiro atoms. The summed E-state index contributed by atoms with van der Waals surface area (Å²) in [6, 6.07) is 16.1. The zero-order chi connectivity index (χ0) is 18.5. The van der Waals surface area contributed by atoms with Crippen molar-refractivity contribution in [3.8, 4) is 5.75 Å². The Morgan fingerprint density at radius 3 is 2.65 bits per heavy atom. The fourth-order valence-electron chi connectivity index (χ4n) is 2.57. The van der Waals surface area contributed by atoms with E-state index in [1.165, 1.54) is 0 Å². The van der Waals surface area contributed by atoms with Crippen LogP contribution < -0.4 is 10.1 Å². The highest BCUT2D eigenvalue weighted by Gasteiger charge is 2.06. The number of aliphatic hydroxyl groups excluding tert-OH is 1. The predicted octanol–water partition coefficient (Wildman–Crippen LogP) is 5.01. The van der Waals surface area contributed by atoms with Crippen molar-refractivity contribution >= 4 is 38.7 Å². The van der Waals surface area contributed by atoms with E-state index in [9.17, 15) is 5.11 Å². The van der Waals surface area contributed by atoms with E-state index in [1.807, 2.05) is 48.5 Å². The maximum atomic E-state index is 9.39. The van der Waals surface area contributed by atoms with Crippen molar-refractivity contribution in [2.45, 2.75) is 19.6 Å². The molecule has 0 radical (unpaired) electrons. The first kappa shape index (κ1) is 18.4. The van der Waals surface area contributed by atoms with Gasteiger partial charge in [-0.25, -0.2) is 4.98 Å². The normalized spacial score (nSPS) is 12.5. The lowest BCUT2D eigenvalue weighted by Crippen LogP contribution is -2.02. The summed E-state index contributed by atoms with van der Waals surface area (Å²) in [5.41, 5.74) is 3.06. The molecule has 5 heteroatoms. The average molecular weight is 413 g/mol. The Balaban J connectivity index is 1.81. The van der Waals surface area contributed by atoms with Crippen LogP contribution in [0.25, 0.3) is 17.0 Å². The van der Waals surface area contributed by atoms with Gasteiger partial charge in [0.25, 0.3) is 0 Å². The van der Waals surface area contributed by atoms with E-state index in [-0.39, 0.29) is 0 Å². The van der Waals surface area contributed by atoms with E-state index in [1.54, 1.807) is 20.1 Å². The number of methoxy groups -OCH3 is 1. The van der Waals surface area contributed by atoms with Crippen LogP contribution in [0, 0.1) is 0 Å². The first-order valence-corrected chi connectivity index (χ1v) is 9.18. The third-order valence-corrected chi connectivity index (χ3v) is 4.59. The van der Waals surface area contributed by atoms with Crippen molar-refractivity contribution in [3.63, 3.8) is 0 Å². The smallest absolute Gasteiger partial charge is 0.141 e. The Bertz CT molecular complexity index is 921. The molecule has 3 rings (SSSR count). The van der Waals surface area contributed by atoms with Crippen molar-refractivity contribution in [1.82, 2.24) is 4.98 Å². The minimum Gasteiger partial charge on any atom is -0.497 e. The summed E-state index contributed by atoms with van der Waals surface area (Å²) in [7, 11) is 1.66. The fraction of sp³-hybridized carbons (Fsp3) is 0.190. The number of benzene rings is 2. The van der Waals surface area contributed by atoms with Gasteiger partial charge in [0.05, 0.1) is 23.2 Å². The molecule has 0 aliphatic carbocycles. The second-order valence-corrected chi connectivity index (χ2v) is 6.93. The third-order valence-electron chi connectivity index (χ3n) is 3.98. The van der Waals surface area contributed by atoms with Crippen LogP contribution in [0.5, 0.6) is 5.75 Å². The summed E-state index contributed by atoms with van der Waals surface area (Å²) in [4.78, 5) is 4.73. The number of hydrogen-bond donors (Lipinski definition) is 2. The molecule has 0 bridgehead atoms. The SMILES string of the molecule is COc1ccc(CNc2nc3cc(C=C[C@H](C)O)ccc3cc2Br)cc1. The number of nitrogens with zero attached hydrogens (tertiary/aromatic N) is 1. The van der Waals surface area contributed by atoms with Gasteiger partial charge >= 0.3 is 0 Å². The highest BCUT2D eigenvalue weighted by Crippen LogP contribution is 2.27. The van der Waals surface area contributed by atoms with Gasteiger partial charge in [-0.3, -0.25) is 0 Å². The Morgan fingerprint density at radius 2 is 1.96 bits per heavy atom. The minimum atomic E-state index is -0.467. The van der Waals surface area contributed by atoms with Crippen LogP contribution in [0.3, 0.4) is 0 Å². The molecule has 0 fully saturated rings. The van der Waals surface area contributed by atoms with Crippen molar-refractivity contribution in [3.05, 3.63) is 70.2 Å². The highest BCUT2D eigenvalue weighted by atomic mass is 79.9. The molecule has 0 aliphatic heterocycles. The molecule has 3 aromatic rings. The molecule has 0 saturated carbocycles. The zero-order valence-corrected chi connectivity index (χ0v) is 16.3. The van der Waals surface area contributed by atoms with Gasteiger partial charge in [0.2, 0.25) is 0 Å². The molecule has 0 aliphatic rings. The first-order chi connectivity index (χ1) is 12.5. The number of anilines is 1. The lowest BCUT2D eigenvalue weighted by Gasteiger charge is -2.10. The Labute approximate surface area is 161 Å². The average Bonchev–Trinajstić information content (AvgIpc) is 2.65. The van der Waals surface area contributed by atoms with E-state index < -0.39 is 6.10 Å². The monoisotopic (exact) mass is 412 g/mol. The summed E-state index contributed by atoms with van der Waals surface area (Å²) < 4.78 is 6.11. The van der Waals surface area contributed by atoms with Crippen molar-refractivity contribution in [2.75, 3.05) is 12.4 Å². The quantitative estimate of drug-likeness (QED) is 0.597. The van der Waals surface area contributed by atoms with Gasteiger partial charge in [0, 0.05) is 11.9 Å². The summed E-state index contributed by atoms with van der Waals surface area (Å²) in [6.07, 6.45) is 3.19. The molecule has 2 aromatic carbocycles. The number of aromatic nitrogens is 1. The number of aliphatic hydroxyl groups is 1. The fourth-order valence-corrected chi connectivity index (χ4v) is 3.04. The van der Waals surface area contributed by atoms with Gasteiger partial charge in [0.1, 0.15) is 11.6 Å². The van der Waals surface area contributed by atoms with Crippen LogP contribution in [0.15, 0.2) is 59.1 Å². The second-order valence-electron chi connectivity index (χ2n) is 6.07. The Morgan fingerprint density at radius 1 is 1.19 bits per heavy atom. The number of hydrogen-bond acceptors (Lipinski definition) is 4. The van der Waals surface area contributed by atoms with Crippen LogP contribution in [0.2, 0.25) is 0 Å². The number of ether oxygens (including phenoxy) is 1. The summed E-state index contributed by atoms with van der Waals surface area (Å²) >= 11 is 3.59. The van der Waals surface area contributed by atoms with Gasteiger partial charge < -0.3 is 15.2 Å². The third kappa shape index (κ3) is 4.62. The van der Waals surface area contributed by atoms with E-state index in [2.05, 4.69) is 27.3 Å². The zero-order valence-electron chi connectivity index (χ0n) is 14.7. The lowest BCUT2D eigenvalue weighted by atomic mass is 10.1. The van der Waals surface area contributed by atoms with Crippen molar-refractivity contribution in [1.29, 1.82) is 0 Å². The number of halogens is 1. The van der Waals surface area contributed by atoms with Crippen molar-refractivity contribution in [2.24, 2.45) is 0 Å². The van der Waals surface area contributed by atoms with Gasteiger partial charge in [-0.1, -0.05) is 36.4 Å². The summed E-state index contributed by atoms with van der Waals surface area (Å²) in [6.45, 7) is 2.40. The number of nitrogens with one attached hydrogen (secondary N) is 1. The topological polar surface area (TPSA) is 54.4 Å². The second kappa shape index (κ2) is 8.34. The molecular weight excluding hydrogens is 392 g/mol. The molecular formula is C21H21BrN2O2. The molecule has 1 heterocycles. The van der Waals surface area contributed by atoms with Crippen LogP contribution in [-0.4, -0.2) is 23.3 Å². The maximum absolute atomic E-state index is 9.39. The van der Waals surface area contributed by atoms with E-state index in [0.717, 1.165) is 38.1 Å². The van der Waals surface area contributed by atoms with E-state index in [4.69, 9.17) is 9.72 Å². The van der Waals surface area contributed by atoms with Crippen LogP contribution >= 0.6 is 15.9 Å². The van der Waals surface area contributed by atoms with Crippen LogP contribution in [-0.2, 0) is 6.54 Å². The molecule has 26 heavy (non-hydrogen) atoms. The maximum Gasteiger partial charge on any atom is 0.141 e. The van der Waals surface area contributed by atoms with Crippen LogP contribution in [0.1, 0.15) is 18.1 Å². The lowest BCUT2D eigenvalue weighted by molar-refractivity contribution is 0.245. The number of rotatable bonds is 6. The number of fused-ring (bicyclic) bond motifs is 1. The van der Waals surface area contributed by atoms with Crippen molar-refractivity contribution < 1.29 is 9.84 Å². The highest BCUT2D eigenvalue weighted by molar-refractivity contribution is 9.10. The predicted molar refractivity (Wildman–Crippen MR) is 110 cm³/mol. The molecule has 2 N–H and O–H groups in total. The van der Waals surface area contributed by atoms with Gasteiger partial charge in [-0.2, -0.15) is 0 Å². The van der Waals surface area contributed by atoms with Gasteiger partial charge in [0.15, 0.2) is 0 Å². The Hall–Kier alpha value is -2.37. The van der Waals surface area contributed by atoms with Gasteiger partial charge in [-0.15, -0.1) is 0 Å². The van der Waals surface area contributed by atoms with Gasteiger partial charge in [-0.05, 0) is 58.2 Å². The van der Waals surface area contributed by atoms with E-state index >= 15 is 0 Å². The molecule has 0 saturated heterocycles. The largest absolute Gasteiger partial charge is 0.497 e. The molecule has 134 valence electrons. The summed E-state index contributed by atoms with van der Waals surface area (Å²) in [5, 5.41) is 13.8. The Kier molecular flexibility index (Phi) is 5.91. The molecule has 1 aromatic heterocycles.